The number of methoxy groups -OCH3 is 1. The summed E-state index contributed by atoms with van der Waals surface area (Å²) in [5.41, 5.74) is 3.99. The lowest BCUT2D eigenvalue weighted by Crippen LogP contribution is -2.22. The highest BCUT2D eigenvalue weighted by Gasteiger charge is 2.13. The zero-order valence-electron chi connectivity index (χ0n) is 16.1. The summed E-state index contributed by atoms with van der Waals surface area (Å²) < 4.78 is 20.2. The SMILES string of the molecule is COc1ccc(-n2c(C)nc3cc(C(=O)NCc4ccc(F)cc4)ccc32)cc1. The van der Waals surface area contributed by atoms with E-state index in [-0.39, 0.29) is 11.7 Å². The van der Waals surface area contributed by atoms with E-state index in [1.807, 2.05) is 41.8 Å². The number of ether oxygens (including phenoxy) is 1. The van der Waals surface area contributed by atoms with E-state index in [1.54, 1.807) is 31.4 Å². The average molecular weight is 389 g/mol. The summed E-state index contributed by atoms with van der Waals surface area (Å²) in [5, 5.41) is 2.86. The number of fused-ring (bicyclic) bond motifs is 1. The quantitative estimate of drug-likeness (QED) is 0.550. The summed E-state index contributed by atoms with van der Waals surface area (Å²) in [4.78, 5) is 17.1. The largest absolute Gasteiger partial charge is 0.497 e. The molecule has 6 heteroatoms. The third kappa shape index (κ3) is 3.82. The predicted octanol–water partition coefficient (Wildman–Crippen LogP) is 4.41. The van der Waals surface area contributed by atoms with E-state index in [1.165, 1.54) is 12.1 Å². The Labute approximate surface area is 167 Å². The normalized spacial score (nSPS) is 10.9. The maximum atomic E-state index is 13.0. The molecule has 1 heterocycles. The maximum absolute atomic E-state index is 13.0. The second kappa shape index (κ2) is 7.75. The summed E-state index contributed by atoms with van der Waals surface area (Å²) in [6.45, 7) is 2.26. The molecule has 0 aliphatic rings. The molecule has 0 radical (unpaired) electrons. The molecule has 0 unspecified atom stereocenters. The van der Waals surface area contributed by atoms with Gasteiger partial charge in [0.05, 0.1) is 18.1 Å². The van der Waals surface area contributed by atoms with Crippen LogP contribution in [0.15, 0.2) is 66.7 Å². The Kier molecular flexibility index (Phi) is 4.99. The molecule has 0 saturated heterocycles. The minimum atomic E-state index is -0.298. The van der Waals surface area contributed by atoms with Crippen molar-refractivity contribution in [3.63, 3.8) is 0 Å². The van der Waals surface area contributed by atoms with Crippen LogP contribution < -0.4 is 10.1 Å². The van der Waals surface area contributed by atoms with Gasteiger partial charge in [-0.15, -0.1) is 0 Å². The van der Waals surface area contributed by atoms with Gasteiger partial charge in [0, 0.05) is 17.8 Å². The summed E-state index contributed by atoms with van der Waals surface area (Å²) in [5.74, 6) is 1.12. The molecule has 1 amide bonds. The van der Waals surface area contributed by atoms with Crippen LogP contribution in [-0.2, 0) is 6.54 Å². The van der Waals surface area contributed by atoms with E-state index in [0.29, 0.717) is 12.1 Å². The van der Waals surface area contributed by atoms with Crippen molar-refractivity contribution in [2.75, 3.05) is 7.11 Å². The number of nitrogens with one attached hydrogen (secondary N) is 1. The van der Waals surface area contributed by atoms with Gasteiger partial charge in [-0.2, -0.15) is 0 Å². The number of aromatic nitrogens is 2. The first-order valence-electron chi connectivity index (χ1n) is 9.21. The summed E-state index contributed by atoms with van der Waals surface area (Å²) >= 11 is 0. The van der Waals surface area contributed by atoms with Crippen LogP contribution in [0.25, 0.3) is 16.7 Å². The molecule has 5 nitrogen and oxygen atoms in total. The molecular weight excluding hydrogens is 369 g/mol. The Morgan fingerprint density at radius 1 is 1.07 bits per heavy atom. The molecule has 1 N–H and O–H groups in total. The van der Waals surface area contributed by atoms with Gasteiger partial charge in [0.25, 0.3) is 5.91 Å². The zero-order chi connectivity index (χ0) is 20.4. The van der Waals surface area contributed by atoms with Gasteiger partial charge in [0.1, 0.15) is 17.4 Å². The minimum absolute atomic E-state index is 0.201. The number of carbonyl (C=O) groups excluding carboxylic acids is 1. The first-order chi connectivity index (χ1) is 14.0. The molecule has 1 aromatic heterocycles. The van der Waals surface area contributed by atoms with Gasteiger partial charge in [0.2, 0.25) is 0 Å². The number of benzene rings is 3. The third-order valence-electron chi connectivity index (χ3n) is 4.78. The Bertz CT molecular complexity index is 1170. The highest BCUT2D eigenvalue weighted by molar-refractivity contribution is 5.97. The lowest BCUT2D eigenvalue weighted by Gasteiger charge is -2.09. The lowest BCUT2D eigenvalue weighted by atomic mass is 10.1. The molecule has 4 rings (SSSR count). The van der Waals surface area contributed by atoms with Crippen LogP contribution in [0.1, 0.15) is 21.7 Å². The van der Waals surface area contributed by atoms with E-state index in [4.69, 9.17) is 4.74 Å². The van der Waals surface area contributed by atoms with Crippen molar-refractivity contribution >= 4 is 16.9 Å². The smallest absolute Gasteiger partial charge is 0.251 e. The number of imidazole rings is 1. The van der Waals surface area contributed by atoms with E-state index in [0.717, 1.165) is 33.9 Å². The first-order valence-corrected chi connectivity index (χ1v) is 9.21. The topological polar surface area (TPSA) is 56.2 Å². The molecule has 0 fully saturated rings. The molecule has 0 spiro atoms. The summed E-state index contributed by atoms with van der Waals surface area (Å²) in [6.07, 6.45) is 0. The van der Waals surface area contributed by atoms with Crippen molar-refractivity contribution in [1.82, 2.24) is 14.9 Å². The Balaban J connectivity index is 1.57. The number of nitrogens with zero attached hydrogens (tertiary/aromatic N) is 2. The van der Waals surface area contributed by atoms with Gasteiger partial charge in [-0.1, -0.05) is 12.1 Å². The molecule has 0 saturated carbocycles. The first kappa shape index (κ1) is 18.7. The second-order valence-electron chi connectivity index (χ2n) is 6.71. The van der Waals surface area contributed by atoms with Crippen LogP contribution in [-0.4, -0.2) is 22.6 Å². The maximum Gasteiger partial charge on any atom is 0.251 e. The highest BCUT2D eigenvalue weighted by atomic mass is 19.1. The number of hydrogen-bond donors (Lipinski definition) is 1. The fourth-order valence-electron chi connectivity index (χ4n) is 3.29. The van der Waals surface area contributed by atoms with Crippen LogP contribution in [0.5, 0.6) is 5.75 Å². The number of rotatable bonds is 5. The highest BCUT2D eigenvalue weighted by Crippen LogP contribution is 2.24. The lowest BCUT2D eigenvalue weighted by molar-refractivity contribution is 0.0951. The number of amides is 1. The Morgan fingerprint density at radius 2 is 1.79 bits per heavy atom. The molecule has 3 aromatic carbocycles. The molecule has 0 aliphatic heterocycles. The van der Waals surface area contributed by atoms with Crippen molar-refractivity contribution in [1.29, 1.82) is 0 Å². The number of halogens is 1. The van der Waals surface area contributed by atoms with Crippen LogP contribution >= 0.6 is 0 Å². The van der Waals surface area contributed by atoms with Gasteiger partial charge in [0.15, 0.2) is 0 Å². The van der Waals surface area contributed by atoms with Crippen molar-refractivity contribution < 1.29 is 13.9 Å². The van der Waals surface area contributed by atoms with Crippen LogP contribution in [0.4, 0.5) is 4.39 Å². The zero-order valence-corrected chi connectivity index (χ0v) is 16.1. The van der Waals surface area contributed by atoms with Gasteiger partial charge in [-0.3, -0.25) is 9.36 Å². The van der Waals surface area contributed by atoms with Crippen LogP contribution in [0, 0.1) is 12.7 Å². The fraction of sp³-hybridized carbons (Fsp3) is 0.130. The van der Waals surface area contributed by atoms with E-state index in [2.05, 4.69) is 10.3 Å². The van der Waals surface area contributed by atoms with E-state index < -0.39 is 0 Å². The van der Waals surface area contributed by atoms with Crippen molar-refractivity contribution in [2.24, 2.45) is 0 Å². The van der Waals surface area contributed by atoms with Crippen LogP contribution in [0.2, 0.25) is 0 Å². The molecule has 4 aromatic rings. The Hall–Kier alpha value is -3.67. The summed E-state index contributed by atoms with van der Waals surface area (Å²) in [7, 11) is 1.63. The minimum Gasteiger partial charge on any atom is -0.497 e. The fourth-order valence-corrected chi connectivity index (χ4v) is 3.29. The molecular formula is C23H20FN3O2. The monoisotopic (exact) mass is 389 g/mol. The second-order valence-corrected chi connectivity index (χ2v) is 6.71. The van der Waals surface area contributed by atoms with Gasteiger partial charge < -0.3 is 10.1 Å². The van der Waals surface area contributed by atoms with Gasteiger partial charge >= 0.3 is 0 Å². The number of aryl methyl sites for hydroxylation is 1. The third-order valence-corrected chi connectivity index (χ3v) is 4.78. The van der Waals surface area contributed by atoms with Gasteiger partial charge in [-0.25, -0.2) is 9.37 Å². The van der Waals surface area contributed by atoms with Crippen molar-refractivity contribution in [3.05, 3.63) is 89.5 Å². The van der Waals surface area contributed by atoms with E-state index in [9.17, 15) is 9.18 Å². The number of hydrogen-bond acceptors (Lipinski definition) is 3. The average Bonchev–Trinajstić information content (AvgIpc) is 3.08. The predicted molar refractivity (Wildman–Crippen MR) is 110 cm³/mol. The standard InChI is InChI=1S/C23H20FN3O2/c1-15-26-21-13-17(23(28)25-14-16-3-6-18(24)7-4-16)5-12-22(21)27(15)19-8-10-20(29-2)11-9-19/h3-13H,14H2,1-2H3,(H,25,28). The summed E-state index contributed by atoms with van der Waals surface area (Å²) in [6, 6.07) is 19.3. The Morgan fingerprint density at radius 3 is 2.48 bits per heavy atom. The molecule has 0 aliphatic carbocycles. The van der Waals surface area contributed by atoms with Crippen molar-refractivity contribution in [3.8, 4) is 11.4 Å². The number of carbonyl (C=O) groups is 1. The molecule has 0 atom stereocenters. The van der Waals surface area contributed by atoms with Crippen LogP contribution in [0.3, 0.4) is 0 Å². The van der Waals surface area contributed by atoms with E-state index >= 15 is 0 Å². The molecule has 29 heavy (non-hydrogen) atoms. The molecule has 146 valence electrons. The molecule has 0 bridgehead atoms. The van der Waals surface area contributed by atoms with Crippen molar-refractivity contribution in [2.45, 2.75) is 13.5 Å². The van der Waals surface area contributed by atoms with Gasteiger partial charge in [-0.05, 0) is 67.1 Å².